The van der Waals surface area contributed by atoms with Gasteiger partial charge in [0, 0.05) is 11.5 Å². The minimum atomic E-state index is -0.137. The third-order valence-electron chi connectivity index (χ3n) is 4.13. The Labute approximate surface area is 113 Å². The second kappa shape index (κ2) is 4.84. The monoisotopic (exact) mass is 257 g/mol. The van der Waals surface area contributed by atoms with Gasteiger partial charge in [-0.15, -0.1) is 0 Å². The molecule has 0 bridgehead atoms. The smallest absolute Gasteiger partial charge is 0.124 e. The van der Waals surface area contributed by atoms with Gasteiger partial charge in [0.2, 0.25) is 0 Å². The fraction of sp³-hybridized carbons (Fsp3) is 0.533. The summed E-state index contributed by atoms with van der Waals surface area (Å²) >= 11 is 0. The van der Waals surface area contributed by atoms with Crippen molar-refractivity contribution in [3.05, 3.63) is 29.3 Å². The minimum Gasteiger partial charge on any atom is -0.493 e. The molecule has 0 aromatic heterocycles. The molecular weight excluding hydrogens is 238 g/mol. The van der Waals surface area contributed by atoms with E-state index in [4.69, 9.17) is 4.74 Å². The highest BCUT2D eigenvalue weighted by molar-refractivity contribution is 5.42. The molecule has 100 valence electrons. The van der Waals surface area contributed by atoms with Crippen molar-refractivity contribution in [2.75, 3.05) is 6.61 Å². The Morgan fingerprint density at radius 1 is 1.37 bits per heavy atom. The molecule has 3 atom stereocenters. The Morgan fingerprint density at radius 3 is 2.95 bits per heavy atom. The SMILES string of the molecule is CC(C)c1ccc2c(c1)C1NNC(C#N)C1CCO2. The van der Waals surface area contributed by atoms with Crippen molar-refractivity contribution in [2.24, 2.45) is 5.92 Å². The summed E-state index contributed by atoms with van der Waals surface area (Å²) in [7, 11) is 0. The van der Waals surface area contributed by atoms with Crippen molar-refractivity contribution in [1.82, 2.24) is 10.9 Å². The Morgan fingerprint density at radius 2 is 2.21 bits per heavy atom. The summed E-state index contributed by atoms with van der Waals surface area (Å²) in [4.78, 5) is 0. The lowest BCUT2D eigenvalue weighted by molar-refractivity contribution is 0.289. The van der Waals surface area contributed by atoms with Gasteiger partial charge in [0.25, 0.3) is 0 Å². The molecule has 19 heavy (non-hydrogen) atoms. The van der Waals surface area contributed by atoms with Crippen molar-refractivity contribution in [2.45, 2.75) is 38.3 Å². The molecular formula is C15H19N3O. The van der Waals surface area contributed by atoms with E-state index in [1.165, 1.54) is 11.1 Å². The first-order chi connectivity index (χ1) is 9.20. The van der Waals surface area contributed by atoms with Gasteiger partial charge >= 0.3 is 0 Å². The van der Waals surface area contributed by atoms with Gasteiger partial charge in [0.05, 0.1) is 18.7 Å². The van der Waals surface area contributed by atoms with Crippen LogP contribution in [0.2, 0.25) is 0 Å². The van der Waals surface area contributed by atoms with E-state index in [0.717, 1.165) is 12.2 Å². The summed E-state index contributed by atoms with van der Waals surface area (Å²) in [6.45, 7) is 5.06. The summed E-state index contributed by atoms with van der Waals surface area (Å²) in [5.74, 6) is 1.71. The number of hydrogen-bond acceptors (Lipinski definition) is 4. The molecule has 0 saturated carbocycles. The zero-order valence-electron chi connectivity index (χ0n) is 11.3. The number of hydrogen-bond donors (Lipinski definition) is 2. The van der Waals surface area contributed by atoms with E-state index >= 15 is 0 Å². The third kappa shape index (κ3) is 2.09. The zero-order valence-corrected chi connectivity index (χ0v) is 11.3. The molecule has 1 aromatic carbocycles. The van der Waals surface area contributed by atoms with Crippen LogP contribution in [-0.4, -0.2) is 12.6 Å². The highest BCUT2D eigenvalue weighted by Gasteiger charge is 2.39. The molecule has 1 saturated heterocycles. The van der Waals surface area contributed by atoms with Crippen LogP contribution in [0, 0.1) is 17.2 Å². The molecule has 0 amide bonds. The maximum atomic E-state index is 9.19. The van der Waals surface area contributed by atoms with Gasteiger partial charge < -0.3 is 4.74 Å². The van der Waals surface area contributed by atoms with Crippen LogP contribution in [0.3, 0.4) is 0 Å². The van der Waals surface area contributed by atoms with Crippen LogP contribution in [0.4, 0.5) is 0 Å². The Hall–Kier alpha value is -1.57. The van der Waals surface area contributed by atoms with Crippen molar-refractivity contribution >= 4 is 0 Å². The van der Waals surface area contributed by atoms with Crippen molar-refractivity contribution < 1.29 is 4.74 Å². The summed E-state index contributed by atoms with van der Waals surface area (Å²) < 4.78 is 5.84. The van der Waals surface area contributed by atoms with E-state index in [2.05, 4.69) is 49.0 Å². The number of nitrogens with one attached hydrogen (secondary N) is 2. The number of fused-ring (bicyclic) bond motifs is 3. The normalized spacial score (nSPS) is 29.1. The molecule has 3 unspecified atom stereocenters. The number of ether oxygens (including phenoxy) is 1. The average Bonchev–Trinajstić information content (AvgIpc) is 2.73. The second-order valence-electron chi connectivity index (χ2n) is 5.63. The lowest BCUT2D eigenvalue weighted by atomic mass is 9.86. The Bertz CT molecular complexity index is 521. The number of hydrazine groups is 1. The van der Waals surface area contributed by atoms with Gasteiger partial charge in [-0.2, -0.15) is 5.26 Å². The largest absolute Gasteiger partial charge is 0.493 e. The van der Waals surface area contributed by atoms with Gasteiger partial charge in [-0.1, -0.05) is 26.0 Å². The molecule has 4 heteroatoms. The van der Waals surface area contributed by atoms with Gasteiger partial charge in [0.15, 0.2) is 0 Å². The van der Waals surface area contributed by atoms with Gasteiger partial charge in [0.1, 0.15) is 11.8 Å². The van der Waals surface area contributed by atoms with Gasteiger partial charge in [-0.05, 0) is 24.0 Å². The molecule has 1 fully saturated rings. The molecule has 2 aliphatic rings. The molecule has 2 aliphatic heterocycles. The maximum Gasteiger partial charge on any atom is 0.124 e. The number of rotatable bonds is 1. The average molecular weight is 257 g/mol. The van der Waals surface area contributed by atoms with Crippen LogP contribution in [0.15, 0.2) is 18.2 Å². The fourth-order valence-electron chi connectivity index (χ4n) is 2.96. The first kappa shape index (κ1) is 12.5. The Balaban J connectivity index is 2.02. The molecule has 3 rings (SSSR count). The lowest BCUT2D eigenvalue weighted by Crippen LogP contribution is -2.31. The Kier molecular flexibility index (Phi) is 3.17. The third-order valence-corrected chi connectivity index (χ3v) is 4.13. The van der Waals surface area contributed by atoms with Crippen LogP contribution in [0.25, 0.3) is 0 Å². The van der Waals surface area contributed by atoms with Crippen LogP contribution >= 0.6 is 0 Å². The highest BCUT2D eigenvalue weighted by Crippen LogP contribution is 2.40. The first-order valence-electron chi connectivity index (χ1n) is 6.88. The number of nitriles is 1. The van der Waals surface area contributed by atoms with Crippen molar-refractivity contribution in [3.63, 3.8) is 0 Å². The summed E-state index contributed by atoms with van der Waals surface area (Å²) in [6.07, 6.45) is 0.897. The predicted octanol–water partition coefficient (Wildman–Crippen LogP) is 2.25. The van der Waals surface area contributed by atoms with Crippen molar-refractivity contribution in [1.29, 1.82) is 5.26 Å². The van der Waals surface area contributed by atoms with Gasteiger partial charge in [-0.25, -0.2) is 10.9 Å². The second-order valence-corrected chi connectivity index (χ2v) is 5.63. The molecule has 2 N–H and O–H groups in total. The molecule has 2 heterocycles. The van der Waals surface area contributed by atoms with Crippen molar-refractivity contribution in [3.8, 4) is 11.8 Å². The predicted molar refractivity (Wildman–Crippen MR) is 72.5 cm³/mol. The maximum absolute atomic E-state index is 9.19. The minimum absolute atomic E-state index is 0.137. The van der Waals surface area contributed by atoms with E-state index in [1.54, 1.807) is 0 Å². The topological polar surface area (TPSA) is 57.1 Å². The van der Waals surface area contributed by atoms with E-state index in [0.29, 0.717) is 12.5 Å². The summed E-state index contributed by atoms with van der Waals surface area (Å²) in [6, 6.07) is 8.78. The van der Waals surface area contributed by atoms with E-state index in [9.17, 15) is 5.26 Å². The zero-order chi connectivity index (χ0) is 13.4. The van der Waals surface area contributed by atoms with Crippen LogP contribution in [0.1, 0.15) is 43.4 Å². The number of nitrogens with zero attached hydrogens (tertiary/aromatic N) is 1. The summed E-state index contributed by atoms with van der Waals surface area (Å²) in [5.41, 5.74) is 8.86. The first-order valence-corrected chi connectivity index (χ1v) is 6.88. The standard InChI is InChI=1S/C15H19N3O/c1-9(2)10-3-4-14-12(7-10)15-11(5-6-19-14)13(8-16)17-18-15/h3-4,7,9,11,13,15,17-18H,5-6H2,1-2H3. The molecule has 0 radical (unpaired) electrons. The fourth-order valence-corrected chi connectivity index (χ4v) is 2.96. The molecule has 4 nitrogen and oxygen atoms in total. The highest BCUT2D eigenvalue weighted by atomic mass is 16.5. The summed E-state index contributed by atoms with van der Waals surface area (Å²) in [5, 5.41) is 9.19. The van der Waals surface area contributed by atoms with Crippen LogP contribution < -0.4 is 15.6 Å². The van der Waals surface area contributed by atoms with E-state index in [1.807, 2.05) is 0 Å². The quantitative estimate of drug-likeness (QED) is 0.810. The molecule has 0 spiro atoms. The van der Waals surface area contributed by atoms with E-state index in [-0.39, 0.29) is 18.0 Å². The number of benzene rings is 1. The van der Waals surface area contributed by atoms with Gasteiger partial charge in [-0.3, -0.25) is 0 Å². The van der Waals surface area contributed by atoms with Crippen LogP contribution in [0.5, 0.6) is 5.75 Å². The molecule has 0 aliphatic carbocycles. The lowest BCUT2D eigenvalue weighted by Gasteiger charge is -2.18. The van der Waals surface area contributed by atoms with E-state index < -0.39 is 0 Å². The van der Waals surface area contributed by atoms with Crippen LogP contribution in [-0.2, 0) is 0 Å². The molecule has 1 aromatic rings.